The van der Waals surface area contributed by atoms with Crippen LogP contribution in [-0.4, -0.2) is 31.4 Å². The Bertz CT molecular complexity index is 1440. The van der Waals surface area contributed by atoms with Gasteiger partial charge in [0, 0.05) is 37.4 Å². The smallest absolute Gasteiger partial charge is 0.262 e. The minimum atomic E-state index is -0.534. The summed E-state index contributed by atoms with van der Waals surface area (Å²) in [4.78, 5) is 32.4. The molecule has 9 heteroatoms. The third-order valence-corrected chi connectivity index (χ3v) is 6.26. The number of hydrogen-bond donors (Lipinski definition) is 2. The second kappa shape index (κ2) is 8.02. The topological polar surface area (TPSA) is 111 Å². The third kappa shape index (κ3) is 3.68. The molecule has 2 aromatic carbocycles. The molecule has 0 unspecified atom stereocenters. The molecular formula is C25H23N5O4. The summed E-state index contributed by atoms with van der Waals surface area (Å²) >= 11 is 0. The molecule has 2 aliphatic rings. The number of aromatic nitrogens is 4. The van der Waals surface area contributed by atoms with E-state index in [4.69, 9.17) is 9.47 Å². The third-order valence-electron chi connectivity index (χ3n) is 6.26. The van der Waals surface area contributed by atoms with Gasteiger partial charge in [0.25, 0.3) is 11.3 Å². The number of para-hydroxylation sites is 1. The summed E-state index contributed by atoms with van der Waals surface area (Å²) in [6.45, 7) is 0. The van der Waals surface area contributed by atoms with Crippen LogP contribution >= 0.6 is 0 Å². The fourth-order valence-corrected chi connectivity index (χ4v) is 4.59. The molecule has 1 amide bonds. The Kier molecular flexibility index (Phi) is 4.83. The number of ether oxygens (including phenoxy) is 2. The molecule has 34 heavy (non-hydrogen) atoms. The van der Waals surface area contributed by atoms with E-state index in [-0.39, 0.29) is 24.3 Å². The summed E-state index contributed by atoms with van der Waals surface area (Å²) in [7, 11) is 0. The Morgan fingerprint density at radius 2 is 1.88 bits per heavy atom. The molecule has 0 saturated heterocycles. The number of amides is 1. The molecule has 6 rings (SSSR count). The van der Waals surface area contributed by atoms with Crippen LogP contribution in [0.15, 0.2) is 59.5 Å². The van der Waals surface area contributed by atoms with Gasteiger partial charge in [0.1, 0.15) is 11.2 Å². The fraction of sp³-hybridized carbons (Fsp3) is 0.280. The minimum absolute atomic E-state index is 0.159. The lowest BCUT2D eigenvalue weighted by Crippen LogP contribution is -2.34. The number of carbonyl (C=O) groups is 1. The van der Waals surface area contributed by atoms with Crippen LogP contribution in [0.25, 0.3) is 16.7 Å². The van der Waals surface area contributed by atoms with Gasteiger partial charge in [-0.1, -0.05) is 18.2 Å². The zero-order valence-corrected chi connectivity index (χ0v) is 18.4. The Balaban J connectivity index is 1.15. The van der Waals surface area contributed by atoms with Crippen LogP contribution in [0.4, 0.5) is 5.69 Å². The Labute approximate surface area is 194 Å². The molecule has 0 radical (unpaired) electrons. The number of aromatic amines is 1. The normalized spacial score (nSPS) is 15.8. The van der Waals surface area contributed by atoms with E-state index in [1.165, 1.54) is 6.20 Å². The second-order valence-corrected chi connectivity index (χ2v) is 8.67. The highest BCUT2D eigenvalue weighted by molar-refractivity contribution is 5.91. The van der Waals surface area contributed by atoms with Gasteiger partial charge < -0.3 is 19.8 Å². The number of nitrogens with zero attached hydrogens (tertiary/aromatic N) is 3. The summed E-state index contributed by atoms with van der Waals surface area (Å²) in [5.41, 5.74) is 1.63. The minimum Gasteiger partial charge on any atom is -0.448 e. The van der Waals surface area contributed by atoms with Crippen LogP contribution in [0.3, 0.4) is 0 Å². The van der Waals surface area contributed by atoms with Crippen LogP contribution in [0.2, 0.25) is 0 Å². The highest BCUT2D eigenvalue weighted by Gasteiger charge is 2.44. The number of aryl methyl sites for hydroxylation is 1. The number of anilines is 1. The molecule has 0 bridgehead atoms. The van der Waals surface area contributed by atoms with Crippen molar-refractivity contribution in [2.75, 3.05) is 5.32 Å². The van der Waals surface area contributed by atoms with Crippen LogP contribution in [0.5, 0.6) is 11.5 Å². The quantitative estimate of drug-likeness (QED) is 0.473. The summed E-state index contributed by atoms with van der Waals surface area (Å²) < 4.78 is 13.7. The van der Waals surface area contributed by atoms with Crippen molar-refractivity contribution in [1.29, 1.82) is 0 Å². The average molecular weight is 457 g/mol. The van der Waals surface area contributed by atoms with E-state index in [2.05, 4.69) is 20.4 Å². The highest BCUT2D eigenvalue weighted by Crippen LogP contribution is 2.47. The SMILES string of the molecule is O=C(CCc1nc2c(cnn2-c2ccccc2)c(=O)[nH]1)Nc1ccc2c(c1)OC1(CCCC1)O2. The lowest BCUT2D eigenvalue weighted by atomic mass is 10.2. The van der Waals surface area contributed by atoms with E-state index < -0.39 is 5.79 Å². The van der Waals surface area contributed by atoms with Gasteiger partial charge in [-0.3, -0.25) is 9.59 Å². The molecule has 1 aliphatic heterocycles. The molecule has 9 nitrogen and oxygen atoms in total. The van der Waals surface area contributed by atoms with E-state index in [1.807, 2.05) is 36.4 Å². The molecule has 3 heterocycles. The van der Waals surface area contributed by atoms with E-state index in [0.29, 0.717) is 34.0 Å². The van der Waals surface area contributed by atoms with Crippen molar-refractivity contribution in [2.45, 2.75) is 44.3 Å². The van der Waals surface area contributed by atoms with E-state index in [9.17, 15) is 9.59 Å². The average Bonchev–Trinajstić information content (AvgIpc) is 3.56. The van der Waals surface area contributed by atoms with Crippen molar-refractivity contribution < 1.29 is 14.3 Å². The first-order chi connectivity index (χ1) is 16.6. The van der Waals surface area contributed by atoms with Crippen molar-refractivity contribution in [2.24, 2.45) is 0 Å². The first-order valence-corrected chi connectivity index (χ1v) is 11.4. The Morgan fingerprint density at radius 3 is 2.71 bits per heavy atom. The predicted octanol–water partition coefficient (Wildman–Crippen LogP) is 3.72. The summed E-state index contributed by atoms with van der Waals surface area (Å²) in [5, 5.41) is 7.60. The number of nitrogens with one attached hydrogen (secondary N) is 2. The van der Waals surface area contributed by atoms with Gasteiger partial charge in [-0.2, -0.15) is 5.10 Å². The molecular weight excluding hydrogens is 434 g/mol. The maximum Gasteiger partial charge on any atom is 0.262 e. The largest absolute Gasteiger partial charge is 0.448 e. The molecule has 0 atom stereocenters. The first kappa shape index (κ1) is 20.5. The molecule has 2 N–H and O–H groups in total. The van der Waals surface area contributed by atoms with Gasteiger partial charge in [-0.15, -0.1) is 0 Å². The molecule has 172 valence electrons. The number of carbonyl (C=O) groups excluding carboxylic acids is 1. The monoisotopic (exact) mass is 457 g/mol. The van der Waals surface area contributed by atoms with Crippen LogP contribution in [0, 0.1) is 0 Å². The molecule has 4 aromatic rings. The lowest BCUT2D eigenvalue weighted by molar-refractivity contribution is -0.116. The fourth-order valence-electron chi connectivity index (χ4n) is 4.59. The predicted molar refractivity (Wildman–Crippen MR) is 125 cm³/mol. The van der Waals surface area contributed by atoms with E-state index in [1.54, 1.807) is 16.8 Å². The molecule has 1 aliphatic carbocycles. The van der Waals surface area contributed by atoms with Crippen molar-refractivity contribution in [3.8, 4) is 17.2 Å². The lowest BCUT2D eigenvalue weighted by Gasteiger charge is -2.21. The van der Waals surface area contributed by atoms with Gasteiger partial charge in [-0.05, 0) is 37.1 Å². The summed E-state index contributed by atoms with van der Waals surface area (Å²) in [5.74, 6) is 1.08. The first-order valence-electron chi connectivity index (χ1n) is 11.4. The van der Waals surface area contributed by atoms with Crippen molar-refractivity contribution in [1.82, 2.24) is 19.7 Å². The van der Waals surface area contributed by atoms with Gasteiger partial charge in [0.15, 0.2) is 17.1 Å². The van der Waals surface area contributed by atoms with Crippen LogP contribution in [-0.2, 0) is 11.2 Å². The number of rotatable bonds is 5. The summed E-state index contributed by atoms with van der Waals surface area (Å²) in [6, 6.07) is 14.9. The summed E-state index contributed by atoms with van der Waals surface area (Å²) in [6.07, 6.45) is 5.87. The van der Waals surface area contributed by atoms with Crippen molar-refractivity contribution in [3.63, 3.8) is 0 Å². The molecule has 2 aromatic heterocycles. The molecule has 1 spiro atoms. The molecule has 1 saturated carbocycles. The van der Waals surface area contributed by atoms with E-state index >= 15 is 0 Å². The second-order valence-electron chi connectivity index (χ2n) is 8.67. The number of hydrogen-bond acceptors (Lipinski definition) is 6. The van der Waals surface area contributed by atoms with Crippen molar-refractivity contribution in [3.05, 3.63) is 70.9 Å². The molecule has 1 fully saturated rings. The van der Waals surface area contributed by atoms with Crippen LogP contribution < -0.4 is 20.3 Å². The number of H-pyrrole nitrogens is 1. The van der Waals surface area contributed by atoms with Gasteiger partial charge in [0.05, 0.1) is 11.9 Å². The maximum atomic E-state index is 12.6. The standard InChI is InChI=1S/C25H23N5O4/c31-22(27-16-8-9-19-20(14-16)34-25(33-19)12-4-5-13-25)11-10-21-28-23-18(24(32)29-21)15-26-30(23)17-6-2-1-3-7-17/h1-3,6-9,14-15H,4-5,10-13H2,(H,27,31)(H,28,29,32). The van der Waals surface area contributed by atoms with Gasteiger partial charge >= 0.3 is 0 Å². The van der Waals surface area contributed by atoms with Gasteiger partial charge in [-0.25, -0.2) is 9.67 Å². The van der Waals surface area contributed by atoms with Crippen molar-refractivity contribution >= 4 is 22.6 Å². The zero-order valence-electron chi connectivity index (χ0n) is 18.4. The van der Waals surface area contributed by atoms with Crippen LogP contribution in [0.1, 0.15) is 37.9 Å². The van der Waals surface area contributed by atoms with Gasteiger partial charge in [0.2, 0.25) is 5.91 Å². The Hall–Kier alpha value is -4.14. The number of benzene rings is 2. The maximum absolute atomic E-state index is 12.6. The highest BCUT2D eigenvalue weighted by atomic mass is 16.7. The zero-order chi connectivity index (χ0) is 23.1. The van der Waals surface area contributed by atoms with E-state index in [0.717, 1.165) is 31.4 Å². The Morgan fingerprint density at radius 1 is 1.09 bits per heavy atom. The number of fused-ring (bicyclic) bond motifs is 2.